The van der Waals surface area contributed by atoms with E-state index in [1.54, 1.807) is 23.1 Å². The molecule has 0 atom stereocenters. The van der Waals surface area contributed by atoms with Crippen LogP contribution >= 0.6 is 0 Å². The van der Waals surface area contributed by atoms with Crippen LogP contribution in [-0.2, 0) is 6.54 Å². The van der Waals surface area contributed by atoms with Crippen LogP contribution in [0.15, 0.2) is 54.9 Å². The Morgan fingerprint density at radius 1 is 1.08 bits per heavy atom. The summed E-state index contributed by atoms with van der Waals surface area (Å²) in [4.78, 5) is 1.77. The zero-order chi connectivity index (χ0) is 17.0. The molecule has 0 saturated carbocycles. The number of anilines is 1. The number of hydrogen-bond acceptors (Lipinski definition) is 3. The summed E-state index contributed by atoms with van der Waals surface area (Å²) in [7, 11) is 0. The minimum atomic E-state index is -0.425. The zero-order valence-corrected chi connectivity index (χ0v) is 13.1. The summed E-state index contributed by atoms with van der Waals surface area (Å²) in [6, 6.07) is 15.1. The molecule has 4 aromatic rings. The summed E-state index contributed by atoms with van der Waals surface area (Å²) < 4.78 is 18.3. The highest BCUT2D eigenvalue weighted by molar-refractivity contribution is 5.87. The van der Waals surface area contributed by atoms with E-state index in [0.717, 1.165) is 16.5 Å². The average molecular weight is 329 g/mol. The molecule has 0 spiro atoms. The van der Waals surface area contributed by atoms with E-state index in [9.17, 15) is 9.65 Å². The van der Waals surface area contributed by atoms with Gasteiger partial charge in [-0.25, -0.2) is 8.91 Å². The second-order valence-corrected chi connectivity index (χ2v) is 5.95. The Morgan fingerprint density at radius 2 is 1.96 bits per heavy atom. The summed E-state index contributed by atoms with van der Waals surface area (Å²) in [5.74, 6) is -0.207. The zero-order valence-electron chi connectivity index (χ0n) is 13.1. The number of nitriles is 1. The van der Waals surface area contributed by atoms with E-state index in [1.165, 1.54) is 4.52 Å². The standard InChI is InChI=1S/C19H12FN5/c20-18-16-7-3-5-14(10-21)25(16)22-19(18)24-9-8-23-11-13-4-1-2-6-15(13)17(23)12-24/h1-9,11H,12H2. The van der Waals surface area contributed by atoms with Gasteiger partial charge in [-0.2, -0.15) is 5.26 Å². The third-order valence-corrected chi connectivity index (χ3v) is 4.56. The molecular formula is C19H12FN5. The maximum absolute atomic E-state index is 14.9. The summed E-state index contributed by atoms with van der Waals surface area (Å²) >= 11 is 0. The molecule has 5 nitrogen and oxygen atoms in total. The summed E-state index contributed by atoms with van der Waals surface area (Å²) in [6.45, 7) is 0.507. The molecule has 0 radical (unpaired) electrons. The lowest BCUT2D eigenvalue weighted by Gasteiger charge is -2.22. The van der Waals surface area contributed by atoms with Crippen LogP contribution in [0, 0.1) is 17.1 Å². The summed E-state index contributed by atoms with van der Waals surface area (Å²) in [5.41, 5.74) is 1.68. The van der Waals surface area contributed by atoms with Gasteiger partial charge in [0.1, 0.15) is 17.3 Å². The highest BCUT2D eigenvalue weighted by Crippen LogP contribution is 2.30. The molecule has 1 aromatic carbocycles. The first-order valence-electron chi connectivity index (χ1n) is 7.87. The lowest BCUT2D eigenvalue weighted by molar-refractivity contribution is 0.633. The Morgan fingerprint density at radius 3 is 2.84 bits per heavy atom. The molecule has 0 fully saturated rings. The second-order valence-electron chi connectivity index (χ2n) is 5.95. The fourth-order valence-corrected chi connectivity index (χ4v) is 3.35. The molecule has 5 rings (SSSR count). The normalized spacial score (nSPS) is 13.4. The van der Waals surface area contributed by atoms with E-state index < -0.39 is 5.82 Å². The maximum atomic E-state index is 14.9. The number of hydrogen-bond donors (Lipinski definition) is 0. The molecular weight excluding hydrogens is 317 g/mol. The third kappa shape index (κ3) is 1.90. The Hall–Kier alpha value is -3.59. The van der Waals surface area contributed by atoms with E-state index in [-0.39, 0.29) is 5.82 Å². The van der Waals surface area contributed by atoms with Gasteiger partial charge in [0.15, 0.2) is 11.6 Å². The number of aromatic nitrogens is 3. The molecule has 6 heteroatoms. The van der Waals surface area contributed by atoms with E-state index in [2.05, 4.69) is 28.0 Å². The van der Waals surface area contributed by atoms with E-state index >= 15 is 0 Å². The van der Waals surface area contributed by atoms with Crippen molar-refractivity contribution in [1.29, 1.82) is 5.26 Å². The fraction of sp³-hybridized carbons (Fsp3) is 0.0526. The first kappa shape index (κ1) is 13.8. The molecule has 4 heterocycles. The predicted octanol–water partition coefficient (Wildman–Crippen LogP) is 3.75. The van der Waals surface area contributed by atoms with Crippen molar-refractivity contribution in [3.05, 3.63) is 72.1 Å². The molecule has 0 bridgehead atoms. The van der Waals surface area contributed by atoms with Crippen molar-refractivity contribution in [2.75, 3.05) is 4.90 Å². The van der Waals surface area contributed by atoms with Gasteiger partial charge in [0.05, 0.1) is 6.54 Å². The summed E-state index contributed by atoms with van der Waals surface area (Å²) in [6.07, 6.45) is 5.77. The third-order valence-electron chi connectivity index (χ3n) is 4.56. The van der Waals surface area contributed by atoms with Gasteiger partial charge in [-0.15, -0.1) is 5.10 Å². The monoisotopic (exact) mass is 329 g/mol. The molecule has 0 amide bonds. The number of nitrogens with zero attached hydrogens (tertiary/aromatic N) is 5. The van der Waals surface area contributed by atoms with Crippen molar-refractivity contribution >= 4 is 28.3 Å². The molecule has 0 unspecified atom stereocenters. The van der Waals surface area contributed by atoms with E-state index in [0.29, 0.717) is 17.8 Å². The molecule has 25 heavy (non-hydrogen) atoms. The molecule has 120 valence electrons. The maximum Gasteiger partial charge on any atom is 0.193 e. The minimum Gasteiger partial charge on any atom is -0.323 e. The van der Waals surface area contributed by atoms with Crippen molar-refractivity contribution in [2.45, 2.75) is 6.54 Å². The van der Waals surface area contributed by atoms with Gasteiger partial charge in [0.2, 0.25) is 0 Å². The van der Waals surface area contributed by atoms with Crippen molar-refractivity contribution < 1.29 is 4.39 Å². The van der Waals surface area contributed by atoms with Gasteiger partial charge in [-0.05, 0) is 12.1 Å². The number of benzene rings is 1. The number of pyridine rings is 1. The highest BCUT2D eigenvalue weighted by Gasteiger charge is 2.23. The van der Waals surface area contributed by atoms with Gasteiger partial charge in [-0.1, -0.05) is 30.3 Å². The van der Waals surface area contributed by atoms with E-state index in [4.69, 9.17) is 0 Å². The van der Waals surface area contributed by atoms with Crippen LogP contribution in [0.25, 0.3) is 22.5 Å². The molecule has 1 aliphatic heterocycles. The Labute approximate surface area is 142 Å². The van der Waals surface area contributed by atoms with Crippen LogP contribution in [-0.4, -0.2) is 14.2 Å². The number of fused-ring (bicyclic) bond motifs is 4. The first-order chi connectivity index (χ1) is 12.3. The lowest BCUT2D eigenvalue weighted by Crippen LogP contribution is -2.22. The van der Waals surface area contributed by atoms with Crippen molar-refractivity contribution in [3.8, 4) is 6.07 Å². The highest BCUT2D eigenvalue weighted by atomic mass is 19.1. The van der Waals surface area contributed by atoms with Crippen LogP contribution in [0.5, 0.6) is 0 Å². The average Bonchev–Trinajstić information content (AvgIpc) is 3.19. The number of halogens is 1. The molecule has 0 aliphatic carbocycles. The van der Waals surface area contributed by atoms with Crippen LogP contribution in [0.1, 0.15) is 11.4 Å². The van der Waals surface area contributed by atoms with Gasteiger partial charge < -0.3 is 9.47 Å². The molecule has 1 aliphatic rings. The van der Waals surface area contributed by atoms with Crippen LogP contribution < -0.4 is 4.90 Å². The molecule has 0 N–H and O–H groups in total. The van der Waals surface area contributed by atoms with Gasteiger partial charge >= 0.3 is 0 Å². The lowest BCUT2D eigenvalue weighted by atomic mass is 10.2. The van der Waals surface area contributed by atoms with Gasteiger partial charge in [-0.3, -0.25) is 0 Å². The van der Waals surface area contributed by atoms with Crippen molar-refractivity contribution in [2.24, 2.45) is 0 Å². The second kappa shape index (κ2) is 4.95. The topological polar surface area (TPSA) is 49.3 Å². The van der Waals surface area contributed by atoms with Crippen molar-refractivity contribution in [3.63, 3.8) is 0 Å². The van der Waals surface area contributed by atoms with Gasteiger partial charge in [0.25, 0.3) is 0 Å². The van der Waals surface area contributed by atoms with Crippen LogP contribution in [0.4, 0.5) is 10.2 Å². The Balaban J connectivity index is 1.65. The number of rotatable bonds is 1. The van der Waals surface area contributed by atoms with Crippen LogP contribution in [0.2, 0.25) is 0 Å². The Bertz CT molecular complexity index is 1210. The smallest absolute Gasteiger partial charge is 0.193 e. The van der Waals surface area contributed by atoms with Crippen LogP contribution in [0.3, 0.4) is 0 Å². The molecule has 3 aromatic heterocycles. The fourth-order valence-electron chi connectivity index (χ4n) is 3.35. The van der Waals surface area contributed by atoms with Crippen molar-refractivity contribution in [1.82, 2.24) is 14.2 Å². The SMILES string of the molecule is N#Cc1cccc2c(F)c(N3C=Cn4cc5ccccc5c4C3)nn12. The minimum absolute atomic E-state index is 0.218. The first-order valence-corrected chi connectivity index (χ1v) is 7.87. The quantitative estimate of drug-likeness (QED) is 0.534. The molecule has 0 saturated heterocycles. The van der Waals surface area contributed by atoms with E-state index in [1.807, 2.05) is 30.6 Å². The predicted molar refractivity (Wildman–Crippen MR) is 93.3 cm³/mol. The Kier molecular flexibility index (Phi) is 2.74. The summed E-state index contributed by atoms with van der Waals surface area (Å²) in [5, 5.41) is 15.8. The van der Waals surface area contributed by atoms with Gasteiger partial charge in [0, 0.05) is 35.1 Å². The largest absolute Gasteiger partial charge is 0.323 e.